The van der Waals surface area contributed by atoms with Crippen LogP contribution in [0.25, 0.3) is 0 Å². The monoisotopic (exact) mass is 207 g/mol. The standard InChI is InChI=1S/C12H21N3/c1-2-3-6-12(14)11(8-13)10-5-4-7-15-9-10/h4-5,7,9,11-12H,2-3,6,8,13-14H2,1H3. The number of nitrogens with zero attached hydrogens (tertiary/aromatic N) is 1. The molecule has 0 aliphatic rings. The van der Waals surface area contributed by atoms with Gasteiger partial charge in [0.2, 0.25) is 0 Å². The largest absolute Gasteiger partial charge is 0.330 e. The lowest BCUT2D eigenvalue weighted by Gasteiger charge is -2.22. The van der Waals surface area contributed by atoms with Crippen molar-refractivity contribution in [2.75, 3.05) is 6.54 Å². The highest BCUT2D eigenvalue weighted by atomic mass is 14.7. The second-order valence-corrected chi connectivity index (χ2v) is 3.93. The zero-order valence-electron chi connectivity index (χ0n) is 9.39. The zero-order chi connectivity index (χ0) is 11.1. The van der Waals surface area contributed by atoms with Crippen LogP contribution in [0.4, 0.5) is 0 Å². The molecule has 0 saturated carbocycles. The summed E-state index contributed by atoms with van der Waals surface area (Å²) in [5, 5.41) is 0. The lowest BCUT2D eigenvalue weighted by Crippen LogP contribution is -2.33. The maximum Gasteiger partial charge on any atom is 0.0303 e. The Kier molecular flexibility index (Phi) is 5.29. The highest BCUT2D eigenvalue weighted by Gasteiger charge is 2.17. The fraction of sp³-hybridized carbons (Fsp3) is 0.583. The first-order valence-corrected chi connectivity index (χ1v) is 5.65. The second kappa shape index (κ2) is 6.53. The van der Waals surface area contributed by atoms with Gasteiger partial charge >= 0.3 is 0 Å². The van der Waals surface area contributed by atoms with Crippen molar-refractivity contribution in [1.82, 2.24) is 4.98 Å². The summed E-state index contributed by atoms with van der Waals surface area (Å²) in [5.41, 5.74) is 13.1. The Morgan fingerprint density at radius 1 is 1.47 bits per heavy atom. The second-order valence-electron chi connectivity index (χ2n) is 3.93. The van der Waals surface area contributed by atoms with Crippen LogP contribution >= 0.6 is 0 Å². The molecule has 0 saturated heterocycles. The molecular formula is C12H21N3. The molecule has 0 bridgehead atoms. The fourth-order valence-corrected chi connectivity index (χ4v) is 1.79. The Bertz CT molecular complexity index is 261. The molecule has 84 valence electrons. The maximum absolute atomic E-state index is 6.14. The van der Waals surface area contributed by atoms with Gasteiger partial charge in [-0.3, -0.25) is 4.98 Å². The molecule has 0 aliphatic heterocycles. The van der Waals surface area contributed by atoms with Crippen LogP contribution in [0, 0.1) is 0 Å². The highest BCUT2D eigenvalue weighted by Crippen LogP contribution is 2.19. The fourth-order valence-electron chi connectivity index (χ4n) is 1.79. The summed E-state index contributed by atoms with van der Waals surface area (Å²) < 4.78 is 0. The van der Waals surface area contributed by atoms with E-state index in [1.54, 1.807) is 6.20 Å². The Hall–Kier alpha value is -0.930. The van der Waals surface area contributed by atoms with Gasteiger partial charge in [-0.2, -0.15) is 0 Å². The van der Waals surface area contributed by atoms with E-state index in [1.165, 1.54) is 6.42 Å². The third-order valence-corrected chi connectivity index (χ3v) is 2.77. The van der Waals surface area contributed by atoms with Gasteiger partial charge in [-0.25, -0.2) is 0 Å². The van der Waals surface area contributed by atoms with Crippen molar-refractivity contribution in [2.24, 2.45) is 11.5 Å². The van der Waals surface area contributed by atoms with Gasteiger partial charge in [0, 0.05) is 30.9 Å². The first-order chi connectivity index (χ1) is 7.29. The lowest BCUT2D eigenvalue weighted by molar-refractivity contribution is 0.487. The minimum absolute atomic E-state index is 0.152. The van der Waals surface area contributed by atoms with Gasteiger partial charge in [0.25, 0.3) is 0 Å². The molecule has 1 aromatic heterocycles. The van der Waals surface area contributed by atoms with Gasteiger partial charge in [-0.05, 0) is 18.1 Å². The van der Waals surface area contributed by atoms with Gasteiger partial charge in [0.1, 0.15) is 0 Å². The van der Waals surface area contributed by atoms with E-state index >= 15 is 0 Å². The molecule has 0 spiro atoms. The minimum atomic E-state index is 0.152. The van der Waals surface area contributed by atoms with E-state index < -0.39 is 0 Å². The Labute approximate surface area is 91.9 Å². The Morgan fingerprint density at radius 3 is 2.80 bits per heavy atom. The van der Waals surface area contributed by atoms with E-state index in [4.69, 9.17) is 11.5 Å². The Balaban J connectivity index is 2.63. The number of unbranched alkanes of at least 4 members (excludes halogenated alkanes) is 1. The van der Waals surface area contributed by atoms with Crippen LogP contribution in [0.15, 0.2) is 24.5 Å². The Morgan fingerprint density at radius 2 is 2.27 bits per heavy atom. The van der Waals surface area contributed by atoms with E-state index in [0.717, 1.165) is 18.4 Å². The van der Waals surface area contributed by atoms with Crippen LogP contribution in [0.1, 0.15) is 37.7 Å². The van der Waals surface area contributed by atoms with Gasteiger partial charge in [0.15, 0.2) is 0 Å². The normalized spacial score (nSPS) is 14.9. The number of aromatic nitrogens is 1. The smallest absolute Gasteiger partial charge is 0.0303 e. The first kappa shape index (κ1) is 12.1. The van der Waals surface area contributed by atoms with Crippen molar-refractivity contribution in [3.8, 4) is 0 Å². The zero-order valence-corrected chi connectivity index (χ0v) is 9.39. The number of hydrogen-bond acceptors (Lipinski definition) is 3. The molecule has 1 aromatic rings. The highest BCUT2D eigenvalue weighted by molar-refractivity contribution is 5.17. The molecule has 2 atom stereocenters. The maximum atomic E-state index is 6.14. The van der Waals surface area contributed by atoms with Crippen molar-refractivity contribution in [3.63, 3.8) is 0 Å². The van der Waals surface area contributed by atoms with Crippen LogP contribution in [0.3, 0.4) is 0 Å². The number of rotatable bonds is 6. The van der Waals surface area contributed by atoms with Gasteiger partial charge < -0.3 is 11.5 Å². The lowest BCUT2D eigenvalue weighted by atomic mass is 9.90. The van der Waals surface area contributed by atoms with E-state index in [-0.39, 0.29) is 12.0 Å². The molecule has 1 heterocycles. The van der Waals surface area contributed by atoms with Gasteiger partial charge in [0.05, 0.1) is 0 Å². The van der Waals surface area contributed by atoms with Gasteiger partial charge in [-0.1, -0.05) is 25.8 Å². The van der Waals surface area contributed by atoms with Crippen molar-refractivity contribution in [1.29, 1.82) is 0 Å². The first-order valence-electron chi connectivity index (χ1n) is 5.65. The summed E-state index contributed by atoms with van der Waals surface area (Å²) in [6, 6.07) is 4.14. The quantitative estimate of drug-likeness (QED) is 0.745. The molecule has 1 rings (SSSR count). The summed E-state index contributed by atoms with van der Waals surface area (Å²) in [6.07, 6.45) is 7.02. The van der Waals surface area contributed by atoms with Crippen molar-refractivity contribution < 1.29 is 0 Å². The number of nitrogens with two attached hydrogens (primary N) is 2. The van der Waals surface area contributed by atoms with Crippen LogP contribution in [-0.4, -0.2) is 17.6 Å². The summed E-state index contributed by atoms with van der Waals surface area (Å²) >= 11 is 0. The van der Waals surface area contributed by atoms with E-state index in [2.05, 4.69) is 18.0 Å². The predicted molar refractivity (Wildman–Crippen MR) is 63.5 cm³/mol. The van der Waals surface area contributed by atoms with Crippen LogP contribution in [0.5, 0.6) is 0 Å². The van der Waals surface area contributed by atoms with E-state index in [0.29, 0.717) is 6.54 Å². The molecule has 0 aliphatic carbocycles. The molecular weight excluding hydrogens is 186 g/mol. The molecule has 0 amide bonds. The minimum Gasteiger partial charge on any atom is -0.330 e. The summed E-state index contributed by atoms with van der Waals surface area (Å²) in [5.74, 6) is 0.241. The molecule has 0 fully saturated rings. The number of pyridine rings is 1. The van der Waals surface area contributed by atoms with Crippen LogP contribution in [0.2, 0.25) is 0 Å². The topological polar surface area (TPSA) is 64.9 Å². The third kappa shape index (κ3) is 3.61. The van der Waals surface area contributed by atoms with E-state index in [9.17, 15) is 0 Å². The molecule has 0 aromatic carbocycles. The van der Waals surface area contributed by atoms with Crippen molar-refractivity contribution in [2.45, 2.75) is 38.1 Å². The molecule has 2 unspecified atom stereocenters. The average Bonchev–Trinajstić information content (AvgIpc) is 2.29. The third-order valence-electron chi connectivity index (χ3n) is 2.77. The average molecular weight is 207 g/mol. The summed E-state index contributed by atoms with van der Waals surface area (Å²) in [4.78, 5) is 4.11. The van der Waals surface area contributed by atoms with Crippen molar-refractivity contribution in [3.05, 3.63) is 30.1 Å². The molecule has 3 nitrogen and oxygen atoms in total. The SMILES string of the molecule is CCCCC(N)C(CN)c1cccnc1. The predicted octanol–water partition coefficient (Wildman–Crippen LogP) is 1.64. The molecule has 4 N–H and O–H groups in total. The summed E-state index contributed by atoms with van der Waals surface area (Å²) in [6.45, 7) is 2.77. The van der Waals surface area contributed by atoms with Gasteiger partial charge in [-0.15, -0.1) is 0 Å². The van der Waals surface area contributed by atoms with Crippen LogP contribution in [-0.2, 0) is 0 Å². The molecule has 3 heteroatoms. The number of hydrogen-bond donors (Lipinski definition) is 2. The van der Waals surface area contributed by atoms with E-state index in [1.807, 2.05) is 12.3 Å². The molecule has 15 heavy (non-hydrogen) atoms. The summed E-state index contributed by atoms with van der Waals surface area (Å²) in [7, 11) is 0. The van der Waals surface area contributed by atoms with Crippen LogP contribution < -0.4 is 11.5 Å². The molecule has 0 radical (unpaired) electrons. The van der Waals surface area contributed by atoms with Crippen molar-refractivity contribution >= 4 is 0 Å².